The normalized spacial score (nSPS) is 18.8. The third-order valence-corrected chi connectivity index (χ3v) is 5.78. The van der Waals surface area contributed by atoms with Crippen molar-refractivity contribution in [1.29, 1.82) is 0 Å². The summed E-state index contributed by atoms with van der Waals surface area (Å²) < 4.78 is 25.6. The molecule has 0 amide bonds. The highest BCUT2D eigenvalue weighted by molar-refractivity contribution is 7.91. The Morgan fingerprint density at radius 1 is 1.37 bits per heavy atom. The van der Waals surface area contributed by atoms with Crippen LogP contribution in [0.1, 0.15) is 25.3 Å². The number of hydrogen-bond donors (Lipinski definition) is 2. The van der Waals surface area contributed by atoms with Crippen LogP contribution in [0.25, 0.3) is 0 Å². The van der Waals surface area contributed by atoms with Gasteiger partial charge in [-0.25, -0.2) is 13.1 Å². The van der Waals surface area contributed by atoms with Gasteiger partial charge in [-0.3, -0.25) is 4.79 Å². The van der Waals surface area contributed by atoms with Crippen LogP contribution >= 0.6 is 0 Å². The Morgan fingerprint density at radius 2 is 1.95 bits per heavy atom. The summed E-state index contributed by atoms with van der Waals surface area (Å²) in [5.41, 5.74) is 0.790. The number of carbonyl (C=O) groups is 1. The highest BCUT2D eigenvalue weighted by Gasteiger charge is 2.51. The van der Waals surface area contributed by atoms with Gasteiger partial charge in [0.25, 0.3) is 0 Å². The number of benzene rings is 1. The smallest absolute Gasteiger partial charge is 0.322 e. The van der Waals surface area contributed by atoms with Gasteiger partial charge < -0.3 is 5.11 Å². The Labute approximate surface area is 112 Å². The SMILES string of the molecule is CC1(S(=O)(=O)N[C@H](Cc2ccccc2)C(=O)O)CC1. The van der Waals surface area contributed by atoms with Gasteiger partial charge in [0, 0.05) is 0 Å². The first-order valence-electron chi connectivity index (χ1n) is 6.13. The molecule has 104 valence electrons. The zero-order valence-electron chi connectivity index (χ0n) is 10.7. The fraction of sp³-hybridized carbons (Fsp3) is 0.462. The van der Waals surface area contributed by atoms with Crippen molar-refractivity contribution in [2.45, 2.75) is 37.0 Å². The van der Waals surface area contributed by atoms with Gasteiger partial charge in [0.05, 0.1) is 4.75 Å². The molecule has 0 aromatic heterocycles. The maximum Gasteiger partial charge on any atom is 0.322 e. The molecule has 1 aliphatic carbocycles. The van der Waals surface area contributed by atoms with Crippen molar-refractivity contribution in [3.63, 3.8) is 0 Å². The molecule has 1 saturated carbocycles. The molecule has 0 unspecified atom stereocenters. The van der Waals surface area contributed by atoms with Gasteiger partial charge in [-0.05, 0) is 31.7 Å². The Bertz CT molecular complexity index is 564. The zero-order valence-corrected chi connectivity index (χ0v) is 11.5. The van der Waals surface area contributed by atoms with Gasteiger partial charge >= 0.3 is 5.97 Å². The third-order valence-electron chi connectivity index (χ3n) is 3.48. The lowest BCUT2D eigenvalue weighted by Gasteiger charge is -2.18. The highest BCUT2D eigenvalue weighted by Crippen LogP contribution is 2.42. The van der Waals surface area contributed by atoms with E-state index in [-0.39, 0.29) is 6.42 Å². The summed E-state index contributed by atoms with van der Waals surface area (Å²) in [4.78, 5) is 11.2. The first-order valence-corrected chi connectivity index (χ1v) is 7.61. The van der Waals surface area contributed by atoms with Crippen LogP contribution in [0.4, 0.5) is 0 Å². The molecule has 1 aromatic rings. The van der Waals surface area contributed by atoms with Crippen molar-refractivity contribution in [2.75, 3.05) is 0 Å². The first kappa shape index (κ1) is 14.0. The van der Waals surface area contributed by atoms with Crippen molar-refractivity contribution in [1.82, 2.24) is 4.72 Å². The van der Waals surface area contributed by atoms with E-state index in [0.717, 1.165) is 5.56 Å². The number of hydrogen-bond acceptors (Lipinski definition) is 3. The fourth-order valence-electron chi connectivity index (χ4n) is 1.80. The van der Waals surface area contributed by atoms with E-state index in [1.165, 1.54) is 0 Å². The third kappa shape index (κ3) is 3.13. The van der Waals surface area contributed by atoms with Crippen LogP contribution in [0.15, 0.2) is 30.3 Å². The van der Waals surface area contributed by atoms with Crippen LogP contribution in [-0.4, -0.2) is 30.3 Å². The second kappa shape index (κ2) is 4.94. The Hall–Kier alpha value is -1.40. The van der Waals surface area contributed by atoms with E-state index in [2.05, 4.69) is 4.72 Å². The van der Waals surface area contributed by atoms with Crippen molar-refractivity contribution < 1.29 is 18.3 Å². The monoisotopic (exact) mass is 283 g/mol. The van der Waals surface area contributed by atoms with Crippen LogP contribution in [0.2, 0.25) is 0 Å². The van der Waals surface area contributed by atoms with Crippen molar-refractivity contribution in [3.8, 4) is 0 Å². The lowest BCUT2D eigenvalue weighted by Crippen LogP contribution is -2.46. The van der Waals surface area contributed by atoms with Crippen molar-refractivity contribution in [2.24, 2.45) is 0 Å². The molecule has 0 saturated heterocycles. The second-order valence-electron chi connectivity index (χ2n) is 5.15. The minimum atomic E-state index is -3.58. The summed E-state index contributed by atoms with van der Waals surface area (Å²) in [6, 6.07) is 7.86. The molecule has 1 aliphatic rings. The van der Waals surface area contributed by atoms with Gasteiger partial charge in [-0.15, -0.1) is 0 Å². The molecule has 0 bridgehead atoms. The van der Waals surface area contributed by atoms with E-state index >= 15 is 0 Å². The molecule has 0 radical (unpaired) electrons. The number of carboxylic acids is 1. The molecule has 2 rings (SSSR count). The summed E-state index contributed by atoms with van der Waals surface area (Å²) in [7, 11) is -3.58. The number of aliphatic carboxylic acids is 1. The average molecular weight is 283 g/mol. The van der Waals surface area contributed by atoms with E-state index in [1.54, 1.807) is 31.2 Å². The van der Waals surface area contributed by atoms with E-state index in [0.29, 0.717) is 12.8 Å². The summed E-state index contributed by atoms with van der Waals surface area (Å²) in [6.07, 6.45) is 1.31. The van der Waals surface area contributed by atoms with Crippen molar-refractivity contribution in [3.05, 3.63) is 35.9 Å². The van der Waals surface area contributed by atoms with Crippen LogP contribution in [-0.2, 0) is 21.2 Å². The van der Waals surface area contributed by atoms with E-state index in [9.17, 15) is 13.2 Å². The van der Waals surface area contributed by atoms with Gasteiger partial charge in [0.15, 0.2) is 0 Å². The van der Waals surface area contributed by atoms with Crippen LogP contribution in [0.5, 0.6) is 0 Å². The second-order valence-corrected chi connectivity index (χ2v) is 7.38. The van der Waals surface area contributed by atoms with E-state index in [4.69, 9.17) is 5.11 Å². The Kier molecular flexibility index (Phi) is 3.64. The largest absolute Gasteiger partial charge is 0.480 e. The van der Waals surface area contributed by atoms with Gasteiger partial charge in [0.1, 0.15) is 6.04 Å². The van der Waals surface area contributed by atoms with Crippen LogP contribution in [0, 0.1) is 0 Å². The predicted molar refractivity (Wildman–Crippen MR) is 71.3 cm³/mol. The lowest BCUT2D eigenvalue weighted by atomic mass is 10.1. The fourth-order valence-corrected chi connectivity index (χ4v) is 3.29. The molecule has 2 N–H and O–H groups in total. The molecular weight excluding hydrogens is 266 g/mol. The quantitative estimate of drug-likeness (QED) is 0.820. The van der Waals surface area contributed by atoms with E-state index in [1.807, 2.05) is 6.07 Å². The van der Waals surface area contributed by atoms with E-state index < -0.39 is 26.8 Å². The summed E-state index contributed by atoms with van der Waals surface area (Å²) in [5.74, 6) is -1.16. The summed E-state index contributed by atoms with van der Waals surface area (Å²) in [6.45, 7) is 1.64. The molecule has 0 spiro atoms. The van der Waals surface area contributed by atoms with Gasteiger partial charge in [0.2, 0.25) is 10.0 Å². The number of carboxylic acid groups (broad SMARTS) is 1. The summed E-state index contributed by atoms with van der Waals surface area (Å²) in [5, 5.41) is 9.16. The average Bonchev–Trinajstić information content (AvgIpc) is 3.09. The summed E-state index contributed by atoms with van der Waals surface area (Å²) >= 11 is 0. The predicted octanol–water partition coefficient (Wildman–Crippen LogP) is 1.15. The van der Waals surface area contributed by atoms with Crippen LogP contribution < -0.4 is 4.72 Å². The molecule has 0 aliphatic heterocycles. The molecule has 0 heterocycles. The molecule has 5 nitrogen and oxygen atoms in total. The lowest BCUT2D eigenvalue weighted by molar-refractivity contribution is -0.138. The van der Waals surface area contributed by atoms with Gasteiger partial charge in [-0.1, -0.05) is 30.3 Å². The number of sulfonamides is 1. The minimum absolute atomic E-state index is 0.144. The van der Waals surface area contributed by atoms with Crippen molar-refractivity contribution >= 4 is 16.0 Å². The highest BCUT2D eigenvalue weighted by atomic mass is 32.2. The standard InChI is InChI=1S/C13H17NO4S/c1-13(7-8-13)19(17,18)14-11(12(15)16)9-10-5-3-2-4-6-10/h2-6,11,14H,7-9H2,1H3,(H,15,16)/t11-/m1/s1. The minimum Gasteiger partial charge on any atom is -0.480 e. The molecular formula is C13H17NO4S. The first-order chi connectivity index (χ1) is 8.84. The molecule has 19 heavy (non-hydrogen) atoms. The Balaban J connectivity index is 2.12. The maximum absolute atomic E-state index is 12.0. The molecule has 1 atom stereocenters. The zero-order chi connectivity index (χ0) is 14.1. The van der Waals surface area contributed by atoms with Gasteiger partial charge in [-0.2, -0.15) is 0 Å². The molecule has 1 aromatic carbocycles. The topological polar surface area (TPSA) is 83.5 Å². The Morgan fingerprint density at radius 3 is 2.42 bits per heavy atom. The number of rotatable bonds is 6. The molecule has 1 fully saturated rings. The maximum atomic E-state index is 12.0. The number of nitrogens with one attached hydrogen (secondary N) is 1. The molecule has 6 heteroatoms. The van der Waals surface area contributed by atoms with Crippen LogP contribution in [0.3, 0.4) is 0 Å².